The van der Waals surface area contributed by atoms with Crippen LogP contribution in [-0.2, 0) is 15.0 Å². The van der Waals surface area contributed by atoms with Crippen LogP contribution in [-0.4, -0.2) is 22.7 Å². The van der Waals surface area contributed by atoms with Gasteiger partial charge in [-0.25, -0.2) is 0 Å². The molecule has 0 unspecified atom stereocenters. The normalized spacial score (nSPS) is 27.1. The fraction of sp³-hybridized carbons (Fsp3) is 0.192. The van der Waals surface area contributed by atoms with Crippen molar-refractivity contribution in [3.8, 4) is 0 Å². The van der Waals surface area contributed by atoms with Crippen LogP contribution in [0.3, 0.4) is 0 Å². The molecule has 2 bridgehead atoms. The first-order valence-corrected chi connectivity index (χ1v) is 10.9. The zero-order chi connectivity index (χ0) is 22.2. The number of hydrogen-bond donors (Lipinski definition) is 1. The maximum absolute atomic E-state index is 13.7. The average Bonchev–Trinajstić information content (AvgIpc) is 3.05. The number of halogens is 1. The monoisotopic (exact) mass is 442 g/mol. The molecule has 0 saturated carbocycles. The van der Waals surface area contributed by atoms with Crippen LogP contribution < -0.4 is 5.43 Å². The molecule has 7 rings (SSSR count). The molecule has 4 aliphatic rings. The fourth-order valence-corrected chi connectivity index (χ4v) is 6.25. The lowest BCUT2D eigenvalue weighted by Gasteiger charge is -2.52. The predicted octanol–water partition coefficient (Wildman–Crippen LogP) is 4.05. The largest absolute Gasteiger partial charge is 0.272 e. The van der Waals surface area contributed by atoms with Gasteiger partial charge in [0.05, 0.1) is 11.8 Å². The zero-order valence-electron chi connectivity index (χ0n) is 17.2. The quantitative estimate of drug-likeness (QED) is 0.609. The van der Waals surface area contributed by atoms with E-state index < -0.39 is 23.2 Å². The Hall–Kier alpha value is -3.44. The molecule has 0 radical (unpaired) electrons. The van der Waals surface area contributed by atoms with E-state index in [2.05, 4.69) is 29.7 Å². The van der Waals surface area contributed by atoms with Gasteiger partial charge in [-0.2, -0.15) is 5.01 Å². The Labute approximate surface area is 190 Å². The molecule has 0 aromatic heterocycles. The molecular weight excluding hydrogens is 424 g/mol. The standard InChI is InChI=1S/C26H19ClN2O3/c1-26-18-11-4-2-9-16(18)20(17-10-3-5-12-19(17)26)21-22(26)25(32)29(24(21)31)28-23(30)14-7-6-8-15(27)13-14/h2-13,20-22H,1H3,(H,28,30)/t20?,21-,22+,26?/m1/s1. The molecule has 3 aromatic carbocycles. The Morgan fingerprint density at radius 1 is 0.906 bits per heavy atom. The number of benzene rings is 3. The molecule has 1 heterocycles. The second-order valence-corrected chi connectivity index (χ2v) is 9.26. The molecule has 1 fully saturated rings. The number of rotatable bonds is 2. The summed E-state index contributed by atoms with van der Waals surface area (Å²) in [6.45, 7) is 2.05. The lowest BCUT2D eigenvalue weighted by Crippen LogP contribution is -2.52. The Balaban J connectivity index is 1.46. The van der Waals surface area contributed by atoms with Gasteiger partial charge in [0.25, 0.3) is 17.7 Å². The molecule has 1 saturated heterocycles. The summed E-state index contributed by atoms with van der Waals surface area (Å²) in [4.78, 5) is 40.1. The van der Waals surface area contributed by atoms with Gasteiger partial charge >= 0.3 is 0 Å². The predicted molar refractivity (Wildman–Crippen MR) is 119 cm³/mol. The van der Waals surface area contributed by atoms with Crippen LogP contribution in [0.15, 0.2) is 72.8 Å². The summed E-state index contributed by atoms with van der Waals surface area (Å²) in [6, 6.07) is 22.5. The van der Waals surface area contributed by atoms with Crippen LogP contribution in [0.2, 0.25) is 5.02 Å². The lowest BCUT2D eigenvalue weighted by atomic mass is 9.48. The van der Waals surface area contributed by atoms with Gasteiger partial charge in [-0.05, 0) is 40.5 Å². The molecule has 3 aliphatic carbocycles. The van der Waals surface area contributed by atoms with Crippen LogP contribution in [0.4, 0.5) is 0 Å². The van der Waals surface area contributed by atoms with Crippen molar-refractivity contribution in [2.75, 3.05) is 0 Å². The molecule has 158 valence electrons. The smallest absolute Gasteiger partial charge is 0.270 e. The highest BCUT2D eigenvalue weighted by Gasteiger charge is 2.66. The number of carbonyl (C=O) groups excluding carboxylic acids is 3. The number of nitrogens with one attached hydrogen (secondary N) is 1. The first kappa shape index (κ1) is 19.3. The molecule has 32 heavy (non-hydrogen) atoms. The van der Waals surface area contributed by atoms with Crippen molar-refractivity contribution in [1.29, 1.82) is 0 Å². The van der Waals surface area contributed by atoms with E-state index in [-0.39, 0.29) is 23.3 Å². The highest BCUT2D eigenvalue weighted by molar-refractivity contribution is 6.31. The van der Waals surface area contributed by atoms with Gasteiger partial charge in [0, 0.05) is 21.9 Å². The molecular formula is C26H19ClN2O3. The number of amides is 3. The van der Waals surface area contributed by atoms with Gasteiger partial charge in [-0.15, -0.1) is 0 Å². The van der Waals surface area contributed by atoms with E-state index in [1.807, 2.05) is 31.2 Å². The number of nitrogens with zero attached hydrogens (tertiary/aromatic N) is 1. The third kappa shape index (κ3) is 2.32. The van der Waals surface area contributed by atoms with Crippen molar-refractivity contribution in [2.45, 2.75) is 18.3 Å². The SMILES string of the molecule is CC12c3ccccc3C(c3ccccc31)[C@H]1C(=O)N(NC(=O)c3cccc(Cl)c3)C(=O)[C@H]12. The van der Waals surface area contributed by atoms with Crippen molar-refractivity contribution in [2.24, 2.45) is 11.8 Å². The Morgan fingerprint density at radius 3 is 2.16 bits per heavy atom. The molecule has 6 heteroatoms. The van der Waals surface area contributed by atoms with Gasteiger partial charge < -0.3 is 0 Å². The summed E-state index contributed by atoms with van der Waals surface area (Å²) in [5, 5.41) is 1.34. The second-order valence-electron chi connectivity index (χ2n) is 8.82. The molecule has 2 atom stereocenters. The van der Waals surface area contributed by atoms with E-state index in [1.54, 1.807) is 18.2 Å². The first-order chi connectivity index (χ1) is 15.4. The Bertz CT molecular complexity index is 1290. The maximum Gasteiger partial charge on any atom is 0.270 e. The third-order valence-electron chi connectivity index (χ3n) is 7.34. The molecule has 1 N–H and O–H groups in total. The van der Waals surface area contributed by atoms with Crippen LogP contribution in [0, 0.1) is 11.8 Å². The van der Waals surface area contributed by atoms with E-state index in [9.17, 15) is 14.4 Å². The number of hydrogen-bond acceptors (Lipinski definition) is 3. The first-order valence-electron chi connectivity index (χ1n) is 10.6. The van der Waals surface area contributed by atoms with Crippen molar-refractivity contribution >= 4 is 29.3 Å². The van der Waals surface area contributed by atoms with Crippen LogP contribution in [0.1, 0.15) is 45.5 Å². The van der Waals surface area contributed by atoms with E-state index in [0.29, 0.717) is 5.02 Å². The van der Waals surface area contributed by atoms with E-state index >= 15 is 0 Å². The van der Waals surface area contributed by atoms with Gasteiger partial charge in [-0.1, -0.05) is 73.1 Å². The lowest BCUT2D eigenvalue weighted by molar-refractivity contribution is -0.143. The fourth-order valence-electron chi connectivity index (χ4n) is 6.06. The summed E-state index contributed by atoms with van der Waals surface area (Å²) in [5.74, 6) is -2.64. The van der Waals surface area contributed by atoms with Crippen molar-refractivity contribution in [1.82, 2.24) is 10.4 Å². The summed E-state index contributed by atoms with van der Waals surface area (Å²) in [6.07, 6.45) is 0. The van der Waals surface area contributed by atoms with Crippen LogP contribution in [0.5, 0.6) is 0 Å². The van der Waals surface area contributed by atoms with Gasteiger partial charge in [-0.3, -0.25) is 19.8 Å². The minimum atomic E-state index is -0.658. The molecule has 3 aromatic rings. The summed E-state index contributed by atoms with van der Waals surface area (Å²) in [7, 11) is 0. The average molecular weight is 443 g/mol. The highest BCUT2D eigenvalue weighted by atomic mass is 35.5. The Kier molecular flexibility index (Phi) is 3.93. The van der Waals surface area contributed by atoms with E-state index in [4.69, 9.17) is 11.6 Å². The van der Waals surface area contributed by atoms with Gasteiger partial charge in [0.1, 0.15) is 0 Å². The van der Waals surface area contributed by atoms with Crippen molar-refractivity contribution in [3.63, 3.8) is 0 Å². The Morgan fingerprint density at radius 2 is 1.53 bits per heavy atom. The van der Waals surface area contributed by atoms with Crippen LogP contribution >= 0.6 is 11.6 Å². The second kappa shape index (κ2) is 6.53. The third-order valence-corrected chi connectivity index (χ3v) is 7.58. The van der Waals surface area contributed by atoms with Crippen molar-refractivity contribution < 1.29 is 14.4 Å². The summed E-state index contributed by atoms with van der Waals surface area (Å²) in [5.41, 5.74) is 6.50. The maximum atomic E-state index is 13.7. The number of hydrazine groups is 1. The molecule has 1 aliphatic heterocycles. The molecule has 3 amide bonds. The van der Waals surface area contributed by atoms with Crippen LogP contribution in [0.25, 0.3) is 0 Å². The van der Waals surface area contributed by atoms with Crippen molar-refractivity contribution in [3.05, 3.63) is 106 Å². The molecule has 0 spiro atoms. The minimum Gasteiger partial charge on any atom is -0.272 e. The van der Waals surface area contributed by atoms with E-state index in [1.165, 1.54) is 6.07 Å². The van der Waals surface area contributed by atoms with E-state index in [0.717, 1.165) is 27.3 Å². The van der Waals surface area contributed by atoms with Gasteiger partial charge in [0.2, 0.25) is 0 Å². The zero-order valence-corrected chi connectivity index (χ0v) is 18.0. The molecule has 5 nitrogen and oxygen atoms in total. The minimum absolute atomic E-state index is 0.223. The van der Waals surface area contributed by atoms with Gasteiger partial charge in [0.15, 0.2) is 0 Å². The number of imide groups is 1. The topological polar surface area (TPSA) is 66.5 Å². The summed E-state index contributed by atoms with van der Waals surface area (Å²) >= 11 is 6.00. The highest BCUT2D eigenvalue weighted by Crippen LogP contribution is 2.63. The summed E-state index contributed by atoms with van der Waals surface area (Å²) < 4.78 is 0. The number of carbonyl (C=O) groups is 3.